The highest BCUT2D eigenvalue weighted by Crippen LogP contribution is 2.27. The number of rotatable bonds is 8. The third-order valence-electron chi connectivity index (χ3n) is 6.08. The lowest BCUT2D eigenvalue weighted by Crippen LogP contribution is -2.51. The number of aromatic nitrogens is 4. The van der Waals surface area contributed by atoms with E-state index in [1.807, 2.05) is 0 Å². The van der Waals surface area contributed by atoms with Crippen LogP contribution in [-0.4, -0.2) is 49.9 Å². The van der Waals surface area contributed by atoms with Gasteiger partial charge in [0.1, 0.15) is 17.2 Å². The van der Waals surface area contributed by atoms with Crippen molar-refractivity contribution in [2.45, 2.75) is 39.3 Å². The third-order valence-corrected chi connectivity index (χ3v) is 6.08. The Morgan fingerprint density at radius 3 is 2.83 bits per heavy atom. The van der Waals surface area contributed by atoms with Crippen molar-refractivity contribution >= 4 is 23.0 Å². The average molecular weight is 483 g/mol. The quantitative estimate of drug-likeness (QED) is 0.371. The molecule has 8 nitrogen and oxygen atoms in total. The summed E-state index contributed by atoms with van der Waals surface area (Å²) in [4.78, 5) is 21.2. The van der Waals surface area contributed by atoms with Crippen molar-refractivity contribution in [3.8, 4) is 0 Å². The van der Waals surface area contributed by atoms with Gasteiger partial charge in [0, 0.05) is 24.7 Å². The van der Waals surface area contributed by atoms with Gasteiger partial charge in [-0.25, -0.2) is 8.78 Å². The molecule has 4 rings (SSSR count). The molecule has 0 saturated carbocycles. The summed E-state index contributed by atoms with van der Waals surface area (Å²) in [5.41, 5.74) is 1.52. The van der Waals surface area contributed by atoms with Gasteiger partial charge in [-0.15, -0.1) is 0 Å². The minimum atomic E-state index is -0.499. The van der Waals surface area contributed by atoms with Gasteiger partial charge in [0.15, 0.2) is 5.58 Å². The van der Waals surface area contributed by atoms with Crippen LogP contribution in [0.3, 0.4) is 0 Å². The van der Waals surface area contributed by atoms with Gasteiger partial charge in [-0.2, -0.15) is 20.0 Å². The molecule has 1 fully saturated rings. The second-order valence-corrected chi connectivity index (χ2v) is 8.74. The van der Waals surface area contributed by atoms with Crippen LogP contribution in [0, 0.1) is 11.7 Å². The van der Waals surface area contributed by atoms with Gasteiger partial charge in [-0.1, -0.05) is 13.5 Å². The Balaban J connectivity index is 1.55. The summed E-state index contributed by atoms with van der Waals surface area (Å²) >= 11 is 0. The molecule has 3 heterocycles. The summed E-state index contributed by atoms with van der Waals surface area (Å²) in [7, 11) is 0. The molecule has 2 atom stereocenters. The maximum atomic E-state index is 14.1. The Labute approximate surface area is 202 Å². The molecular formula is C25H28F2N6O2. The SMILES string of the molecule is C=C(C)/C(F)=C\C=C(/Cn1nccn1)C(=O)N1CCC[C@@H](C)[C@H]1CNc1nc2ccc(F)cc2o1. The molecule has 0 spiro atoms. The van der Waals surface area contributed by atoms with E-state index in [-0.39, 0.29) is 36.0 Å². The van der Waals surface area contributed by atoms with Crippen LogP contribution in [0.15, 0.2) is 70.7 Å². The number of carbonyl (C=O) groups is 1. The zero-order valence-electron chi connectivity index (χ0n) is 19.7. The number of benzene rings is 1. The molecule has 1 aliphatic heterocycles. The summed E-state index contributed by atoms with van der Waals surface area (Å²) in [6, 6.07) is 4.26. The molecule has 35 heavy (non-hydrogen) atoms. The third kappa shape index (κ3) is 5.82. The molecule has 1 saturated heterocycles. The topological polar surface area (TPSA) is 89.1 Å². The van der Waals surface area contributed by atoms with Gasteiger partial charge in [0.25, 0.3) is 11.9 Å². The van der Waals surface area contributed by atoms with Crippen molar-refractivity contribution in [2.75, 3.05) is 18.4 Å². The highest BCUT2D eigenvalue weighted by Gasteiger charge is 2.33. The number of nitrogens with zero attached hydrogens (tertiary/aromatic N) is 5. The van der Waals surface area contributed by atoms with Crippen LogP contribution in [0.25, 0.3) is 11.1 Å². The normalized spacial score (nSPS) is 19.3. The summed E-state index contributed by atoms with van der Waals surface area (Å²) in [6.45, 7) is 8.31. The van der Waals surface area contributed by atoms with E-state index in [4.69, 9.17) is 4.42 Å². The molecule has 184 valence electrons. The second-order valence-electron chi connectivity index (χ2n) is 8.74. The minimum Gasteiger partial charge on any atom is -0.423 e. The lowest BCUT2D eigenvalue weighted by Gasteiger charge is -2.40. The number of amides is 1. The zero-order valence-corrected chi connectivity index (χ0v) is 19.7. The van der Waals surface area contributed by atoms with Crippen molar-refractivity contribution < 1.29 is 18.0 Å². The average Bonchev–Trinajstić information content (AvgIpc) is 3.49. The first-order chi connectivity index (χ1) is 16.8. The Morgan fingerprint density at radius 1 is 1.31 bits per heavy atom. The highest BCUT2D eigenvalue weighted by atomic mass is 19.1. The number of fused-ring (bicyclic) bond motifs is 1. The van der Waals surface area contributed by atoms with E-state index in [0.29, 0.717) is 29.8 Å². The van der Waals surface area contributed by atoms with Gasteiger partial charge in [-0.3, -0.25) is 4.79 Å². The highest BCUT2D eigenvalue weighted by molar-refractivity contribution is 5.94. The van der Waals surface area contributed by atoms with Crippen LogP contribution in [0.5, 0.6) is 0 Å². The lowest BCUT2D eigenvalue weighted by molar-refractivity contribution is -0.132. The van der Waals surface area contributed by atoms with Crippen LogP contribution in [-0.2, 0) is 11.3 Å². The number of piperidine rings is 1. The Kier molecular flexibility index (Phi) is 7.38. The van der Waals surface area contributed by atoms with E-state index in [0.717, 1.165) is 12.8 Å². The number of oxazole rings is 1. The number of hydrogen-bond donors (Lipinski definition) is 1. The number of likely N-dealkylation sites (tertiary alicyclic amines) is 1. The van der Waals surface area contributed by atoms with Crippen LogP contribution >= 0.6 is 0 Å². The minimum absolute atomic E-state index is 0.105. The van der Waals surface area contributed by atoms with E-state index in [1.165, 1.54) is 41.5 Å². The summed E-state index contributed by atoms with van der Waals surface area (Å²) in [5, 5.41) is 11.3. The van der Waals surface area contributed by atoms with E-state index >= 15 is 0 Å². The predicted octanol–water partition coefficient (Wildman–Crippen LogP) is 4.65. The van der Waals surface area contributed by atoms with E-state index in [9.17, 15) is 13.6 Å². The van der Waals surface area contributed by atoms with Gasteiger partial charge in [-0.05, 0) is 55.5 Å². The first-order valence-corrected chi connectivity index (χ1v) is 11.5. The largest absolute Gasteiger partial charge is 0.423 e. The molecule has 0 radical (unpaired) electrons. The molecule has 0 unspecified atom stereocenters. The van der Waals surface area contributed by atoms with Crippen molar-refractivity contribution in [1.82, 2.24) is 24.9 Å². The fraction of sp³-hybridized carbons (Fsp3) is 0.360. The van der Waals surface area contributed by atoms with E-state index in [2.05, 4.69) is 34.0 Å². The number of allylic oxidation sites excluding steroid dienone is 4. The number of halogens is 2. The Hall–Kier alpha value is -3.82. The van der Waals surface area contributed by atoms with Crippen molar-refractivity contribution in [2.24, 2.45) is 5.92 Å². The fourth-order valence-corrected chi connectivity index (χ4v) is 4.15. The molecule has 2 aromatic heterocycles. The molecule has 1 amide bonds. The van der Waals surface area contributed by atoms with Crippen molar-refractivity contribution in [3.63, 3.8) is 0 Å². The summed E-state index contributed by atoms with van der Waals surface area (Å²) < 4.78 is 33.2. The number of hydrogen-bond acceptors (Lipinski definition) is 6. The maximum absolute atomic E-state index is 14.1. The van der Waals surface area contributed by atoms with Gasteiger partial charge in [0.05, 0.1) is 25.0 Å². The molecular weight excluding hydrogens is 454 g/mol. The number of carbonyl (C=O) groups excluding carboxylic acids is 1. The van der Waals surface area contributed by atoms with Crippen molar-refractivity contribution in [1.29, 1.82) is 0 Å². The molecule has 3 aromatic rings. The first-order valence-electron chi connectivity index (χ1n) is 11.5. The molecule has 0 bridgehead atoms. The Morgan fingerprint density at radius 2 is 2.09 bits per heavy atom. The smallest absolute Gasteiger partial charge is 0.295 e. The lowest BCUT2D eigenvalue weighted by atomic mass is 9.90. The molecule has 1 aliphatic rings. The predicted molar refractivity (Wildman–Crippen MR) is 128 cm³/mol. The molecule has 10 heteroatoms. The number of anilines is 1. The zero-order chi connectivity index (χ0) is 24.9. The molecule has 1 aromatic carbocycles. The molecule has 1 N–H and O–H groups in total. The van der Waals surface area contributed by atoms with Crippen LogP contribution < -0.4 is 5.32 Å². The van der Waals surface area contributed by atoms with Crippen LogP contribution in [0.4, 0.5) is 14.8 Å². The summed E-state index contributed by atoms with van der Waals surface area (Å²) in [6.07, 6.45) is 7.57. The standard InChI is InChI=1S/C25H28F2N6O2/c1-16(2)20(27)8-6-18(15-33-29-10-11-30-33)24(34)32-12-4-5-17(3)22(32)14-28-25-31-21-9-7-19(26)13-23(21)35-25/h6-11,13,17,22H,1,4-5,12,14-15H2,2-3H3,(H,28,31)/b18-6+,20-8+/t17-,22-/m1/s1. The van der Waals surface area contributed by atoms with Crippen LogP contribution in [0.1, 0.15) is 26.7 Å². The van der Waals surface area contributed by atoms with Gasteiger partial charge >= 0.3 is 0 Å². The molecule has 0 aliphatic carbocycles. The second kappa shape index (κ2) is 10.6. The van der Waals surface area contributed by atoms with Crippen LogP contribution in [0.2, 0.25) is 0 Å². The summed E-state index contributed by atoms with van der Waals surface area (Å²) in [5.74, 6) is -0.915. The monoisotopic (exact) mass is 482 g/mol. The van der Waals surface area contributed by atoms with E-state index in [1.54, 1.807) is 17.9 Å². The van der Waals surface area contributed by atoms with E-state index < -0.39 is 11.6 Å². The van der Waals surface area contributed by atoms with Gasteiger partial charge in [0.2, 0.25) is 0 Å². The fourth-order valence-electron chi connectivity index (χ4n) is 4.15. The Bertz CT molecular complexity index is 1260. The van der Waals surface area contributed by atoms with Gasteiger partial charge < -0.3 is 14.6 Å². The first kappa shape index (κ1) is 24.3. The van der Waals surface area contributed by atoms with Crippen molar-refractivity contribution in [3.05, 3.63) is 72.1 Å². The number of nitrogens with one attached hydrogen (secondary N) is 1. The maximum Gasteiger partial charge on any atom is 0.295 e.